The van der Waals surface area contributed by atoms with Gasteiger partial charge in [0.15, 0.2) is 13.2 Å². The van der Waals surface area contributed by atoms with Crippen LogP contribution in [0.15, 0.2) is 36.4 Å². The molecule has 5 nitrogen and oxygen atoms in total. The number of carbonyl (C=O) groups excluding carboxylic acids is 2. The van der Waals surface area contributed by atoms with Crippen LogP contribution in [-0.2, 0) is 4.79 Å². The van der Waals surface area contributed by atoms with Crippen molar-refractivity contribution in [2.45, 2.75) is 18.9 Å². The highest BCUT2D eigenvalue weighted by Crippen LogP contribution is 2.36. The largest absolute Gasteiger partial charge is 0.348 e. The summed E-state index contributed by atoms with van der Waals surface area (Å²) >= 11 is 0. The topological polar surface area (TPSA) is 53.9 Å². The van der Waals surface area contributed by atoms with Crippen LogP contribution in [0, 0.1) is 0 Å². The van der Waals surface area contributed by atoms with Crippen LogP contribution in [-0.4, -0.2) is 38.1 Å². The van der Waals surface area contributed by atoms with E-state index >= 15 is 0 Å². The summed E-state index contributed by atoms with van der Waals surface area (Å²) in [5.74, 6) is 0.0890. The van der Waals surface area contributed by atoms with Crippen LogP contribution >= 0.6 is 0 Å². The van der Waals surface area contributed by atoms with E-state index in [9.17, 15) is 9.59 Å². The van der Waals surface area contributed by atoms with Gasteiger partial charge in [0.25, 0.3) is 11.8 Å². The molecule has 0 bridgehead atoms. The number of hydrogen-bond acceptors (Lipinski definition) is 2. The second-order valence-electron chi connectivity index (χ2n) is 6.55. The predicted molar refractivity (Wildman–Crippen MR) is 88.5 cm³/mol. The van der Waals surface area contributed by atoms with E-state index in [4.69, 9.17) is 0 Å². The van der Waals surface area contributed by atoms with Gasteiger partial charge in [-0.25, -0.2) is 0 Å². The summed E-state index contributed by atoms with van der Waals surface area (Å²) in [5.41, 5.74) is 1.71. The molecule has 2 N–H and O–H groups in total. The molecule has 2 aromatic rings. The monoisotopic (exact) mass is 310 g/mol. The van der Waals surface area contributed by atoms with E-state index in [2.05, 4.69) is 5.32 Å². The molecule has 1 aliphatic heterocycles. The van der Waals surface area contributed by atoms with Crippen molar-refractivity contribution in [1.29, 1.82) is 0 Å². The van der Waals surface area contributed by atoms with Gasteiger partial charge in [0, 0.05) is 11.4 Å². The van der Waals surface area contributed by atoms with Gasteiger partial charge < -0.3 is 10.2 Å². The maximum Gasteiger partial charge on any atom is 0.275 e. The lowest BCUT2D eigenvalue weighted by Gasteiger charge is -2.22. The highest BCUT2D eigenvalue weighted by atomic mass is 16.2. The molecule has 0 aromatic heterocycles. The van der Waals surface area contributed by atoms with Gasteiger partial charge in [-0.3, -0.25) is 14.5 Å². The third kappa shape index (κ3) is 2.57. The predicted octanol–water partition coefficient (Wildman–Crippen LogP) is 0.551. The van der Waals surface area contributed by atoms with E-state index in [1.165, 1.54) is 0 Å². The molecule has 2 amide bonds. The minimum Gasteiger partial charge on any atom is -0.348 e. The van der Waals surface area contributed by atoms with Crippen molar-refractivity contribution in [3.8, 4) is 0 Å². The molecule has 1 unspecified atom stereocenters. The lowest BCUT2D eigenvalue weighted by Crippen LogP contribution is -3.12. The second kappa shape index (κ2) is 5.35. The first kappa shape index (κ1) is 14.2. The van der Waals surface area contributed by atoms with Crippen LogP contribution in [0.1, 0.15) is 23.2 Å². The number of rotatable bonds is 5. The van der Waals surface area contributed by atoms with Crippen LogP contribution < -0.4 is 15.1 Å². The number of anilines is 1. The first-order chi connectivity index (χ1) is 11.1. The zero-order chi connectivity index (χ0) is 16.0. The smallest absolute Gasteiger partial charge is 0.275 e. The quantitative estimate of drug-likeness (QED) is 0.847. The molecule has 4 rings (SSSR count). The molecule has 1 heterocycles. The summed E-state index contributed by atoms with van der Waals surface area (Å²) in [4.78, 5) is 27.4. The second-order valence-corrected chi connectivity index (χ2v) is 6.55. The molecule has 2 aliphatic rings. The summed E-state index contributed by atoms with van der Waals surface area (Å²) < 4.78 is 0. The Morgan fingerprint density at radius 2 is 2.00 bits per heavy atom. The Morgan fingerprint density at radius 3 is 2.74 bits per heavy atom. The van der Waals surface area contributed by atoms with Gasteiger partial charge in [-0.15, -0.1) is 0 Å². The van der Waals surface area contributed by atoms with Crippen molar-refractivity contribution in [3.63, 3.8) is 0 Å². The first-order valence-electron chi connectivity index (χ1n) is 8.08. The molecule has 1 saturated carbocycles. The van der Waals surface area contributed by atoms with Gasteiger partial charge in [0.1, 0.15) is 0 Å². The molecule has 5 heteroatoms. The molecule has 2 aromatic carbocycles. The van der Waals surface area contributed by atoms with Crippen molar-refractivity contribution in [2.24, 2.45) is 0 Å². The number of nitrogens with one attached hydrogen (secondary N) is 2. The summed E-state index contributed by atoms with van der Waals surface area (Å²) in [6.45, 7) is 0.872. The SMILES string of the molecule is C[NH+](CC(=O)NC1CC1)CN1C(=O)c2cccc3cccc1c23. The van der Waals surface area contributed by atoms with E-state index in [1.54, 1.807) is 4.90 Å². The lowest BCUT2D eigenvalue weighted by molar-refractivity contribution is -0.869. The van der Waals surface area contributed by atoms with E-state index in [0.29, 0.717) is 19.3 Å². The van der Waals surface area contributed by atoms with Gasteiger partial charge in [-0.1, -0.05) is 24.3 Å². The third-order valence-corrected chi connectivity index (χ3v) is 4.48. The Bertz CT molecular complexity index is 793. The number of carbonyl (C=O) groups is 2. The normalized spacial score (nSPS) is 17.6. The van der Waals surface area contributed by atoms with Crippen LogP contribution in [0.25, 0.3) is 10.8 Å². The molecule has 1 atom stereocenters. The molecular formula is C18H20N3O2+. The van der Waals surface area contributed by atoms with Crippen molar-refractivity contribution < 1.29 is 14.5 Å². The number of likely N-dealkylation sites (N-methyl/N-ethyl adjacent to an activating group) is 1. The maximum atomic E-state index is 12.7. The molecule has 1 aliphatic carbocycles. The van der Waals surface area contributed by atoms with Crippen LogP contribution in [0.2, 0.25) is 0 Å². The minimum absolute atomic E-state index is 0.0266. The fraction of sp³-hybridized carbons (Fsp3) is 0.333. The Hall–Kier alpha value is -2.40. The number of nitrogens with zero attached hydrogens (tertiary/aromatic N) is 1. The average Bonchev–Trinajstić information content (AvgIpc) is 3.30. The molecule has 0 saturated heterocycles. The number of benzene rings is 2. The highest BCUT2D eigenvalue weighted by Gasteiger charge is 2.32. The Morgan fingerprint density at radius 1 is 1.26 bits per heavy atom. The van der Waals surface area contributed by atoms with Gasteiger partial charge in [0.2, 0.25) is 0 Å². The van der Waals surface area contributed by atoms with Gasteiger partial charge in [-0.05, 0) is 30.4 Å². The van der Waals surface area contributed by atoms with Crippen molar-refractivity contribution in [2.75, 3.05) is 25.2 Å². The summed E-state index contributed by atoms with van der Waals surface area (Å²) in [6, 6.07) is 12.2. The first-order valence-corrected chi connectivity index (χ1v) is 8.08. The summed E-state index contributed by atoms with van der Waals surface area (Å²) in [6.07, 6.45) is 2.18. The Kier molecular flexibility index (Phi) is 3.31. The summed E-state index contributed by atoms with van der Waals surface area (Å²) in [5, 5.41) is 5.10. The zero-order valence-corrected chi connectivity index (χ0v) is 13.1. The maximum absolute atomic E-state index is 12.7. The average molecular weight is 310 g/mol. The van der Waals surface area contributed by atoms with Gasteiger partial charge in [-0.2, -0.15) is 0 Å². The zero-order valence-electron chi connectivity index (χ0n) is 13.1. The molecule has 0 radical (unpaired) electrons. The Balaban J connectivity index is 1.53. The van der Waals surface area contributed by atoms with Crippen LogP contribution in [0.4, 0.5) is 5.69 Å². The fourth-order valence-electron chi connectivity index (χ4n) is 3.24. The number of hydrogen-bond donors (Lipinski definition) is 2. The summed E-state index contributed by atoms with van der Waals surface area (Å²) in [7, 11) is 1.95. The van der Waals surface area contributed by atoms with Crippen molar-refractivity contribution in [3.05, 3.63) is 42.0 Å². The van der Waals surface area contributed by atoms with Crippen molar-refractivity contribution >= 4 is 28.3 Å². The fourth-order valence-corrected chi connectivity index (χ4v) is 3.24. The Labute approximate surface area is 134 Å². The van der Waals surface area contributed by atoms with Crippen molar-refractivity contribution in [1.82, 2.24) is 5.32 Å². The molecular weight excluding hydrogens is 290 g/mol. The van der Waals surface area contributed by atoms with Gasteiger partial charge >= 0.3 is 0 Å². The number of quaternary nitrogens is 1. The van der Waals surface area contributed by atoms with Crippen LogP contribution in [0.5, 0.6) is 0 Å². The molecule has 1 fully saturated rings. The standard InChI is InChI=1S/C18H19N3O2/c1-20(10-16(22)19-13-8-9-13)11-21-15-7-3-5-12-4-2-6-14(17(12)15)18(21)23/h2-7,13H,8-11H2,1H3,(H,19,22)/p+1. The van der Waals surface area contributed by atoms with E-state index in [-0.39, 0.29) is 11.8 Å². The molecule has 0 spiro atoms. The van der Waals surface area contributed by atoms with Crippen LogP contribution in [0.3, 0.4) is 0 Å². The lowest BCUT2D eigenvalue weighted by atomic mass is 10.1. The van der Waals surface area contributed by atoms with E-state index < -0.39 is 0 Å². The van der Waals surface area contributed by atoms with Gasteiger partial charge in [0.05, 0.1) is 18.3 Å². The minimum atomic E-state index is 0.0266. The van der Waals surface area contributed by atoms with E-state index in [0.717, 1.165) is 39.8 Å². The molecule has 118 valence electrons. The third-order valence-electron chi connectivity index (χ3n) is 4.48. The van der Waals surface area contributed by atoms with E-state index in [1.807, 2.05) is 43.4 Å². The highest BCUT2D eigenvalue weighted by molar-refractivity contribution is 6.24. The number of amides is 2. The molecule has 23 heavy (non-hydrogen) atoms.